The lowest BCUT2D eigenvalue weighted by molar-refractivity contribution is -0.137. The summed E-state index contributed by atoms with van der Waals surface area (Å²) >= 11 is 0. The first-order valence-corrected chi connectivity index (χ1v) is 9.80. The minimum absolute atomic E-state index is 0. The van der Waals surface area contributed by atoms with Gasteiger partial charge in [-0.3, -0.25) is 0 Å². The molecule has 0 saturated heterocycles. The Morgan fingerprint density at radius 2 is 1.97 bits per heavy atom. The quantitative estimate of drug-likeness (QED) is 0.334. The SMILES string of the molecule is CCNC(=NCc1nnc(C)n1C)NCC1(c2cccc(C(F)(F)F)c2)CCC1.I. The van der Waals surface area contributed by atoms with Crippen LogP contribution in [0.2, 0.25) is 0 Å². The average Bonchev–Trinajstić information content (AvgIpc) is 2.96. The van der Waals surface area contributed by atoms with Crippen LogP contribution in [0.4, 0.5) is 13.2 Å². The van der Waals surface area contributed by atoms with E-state index in [9.17, 15) is 13.2 Å². The van der Waals surface area contributed by atoms with E-state index in [1.54, 1.807) is 6.07 Å². The smallest absolute Gasteiger partial charge is 0.357 e. The summed E-state index contributed by atoms with van der Waals surface area (Å²) < 4.78 is 41.3. The van der Waals surface area contributed by atoms with Gasteiger partial charge in [-0.05, 0) is 38.3 Å². The zero-order valence-electron chi connectivity index (χ0n) is 17.4. The molecule has 0 aliphatic heterocycles. The van der Waals surface area contributed by atoms with Crippen LogP contribution in [-0.4, -0.2) is 33.8 Å². The molecule has 1 aliphatic carbocycles. The van der Waals surface area contributed by atoms with Crippen molar-refractivity contribution in [3.8, 4) is 0 Å². The molecule has 2 aromatic rings. The van der Waals surface area contributed by atoms with Gasteiger partial charge in [-0.15, -0.1) is 34.2 Å². The molecule has 1 saturated carbocycles. The fourth-order valence-electron chi connectivity index (χ4n) is 3.53. The standard InChI is InChI=1S/C20H27F3N6.HI/c1-4-24-18(25-12-17-28-27-14(2)29(17)3)26-13-19(9-6-10-19)15-7-5-8-16(11-15)20(21,22)23;/h5,7-8,11H,4,6,9-10,12-13H2,1-3H3,(H2,24,25,26);1H. The van der Waals surface area contributed by atoms with Crippen molar-refractivity contribution in [3.63, 3.8) is 0 Å². The Hall–Kier alpha value is -1.85. The summed E-state index contributed by atoms with van der Waals surface area (Å²) in [4.78, 5) is 4.56. The molecule has 0 radical (unpaired) electrons. The van der Waals surface area contributed by atoms with Gasteiger partial charge in [0.1, 0.15) is 12.4 Å². The number of hydrogen-bond acceptors (Lipinski definition) is 3. The Morgan fingerprint density at radius 1 is 1.23 bits per heavy atom. The Balaban J connectivity index is 0.00000320. The number of nitrogens with zero attached hydrogens (tertiary/aromatic N) is 4. The number of nitrogens with one attached hydrogen (secondary N) is 2. The van der Waals surface area contributed by atoms with Gasteiger partial charge in [0.25, 0.3) is 0 Å². The predicted molar refractivity (Wildman–Crippen MR) is 121 cm³/mol. The van der Waals surface area contributed by atoms with Crippen molar-refractivity contribution in [2.24, 2.45) is 12.0 Å². The zero-order chi connectivity index (χ0) is 21.1. The maximum Gasteiger partial charge on any atom is 0.416 e. The van der Waals surface area contributed by atoms with Gasteiger partial charge in [0, 0.05) is 25.6 Å². The molecule has 1 aromatic carbocycles. The normalized spacial score (nSPS) is 15.9. The summed E-state index contributed by atoms with van der Waals surface area (Å²) in [6, 6.07) is 5.70. The van der Waals surface area contributed by atoms with Crippen molar-refractivity contribution in [1.29, 1.82) is 0 Å². The van der Waals surface area contributed by atoms with Gasteiger partial charge in [-0.2, -0.15) is 13.2 Å². The second-order valence-electron chi connectivity index (χ2n) is 7.48. The third kappa shape index (κ3) is 5.44. The Morgan fingerprint density at radius 3 is 2.50 bits per heavy atom. The molecular weight excluding hydrogens is 508 g/mol. The van der Waals surface area contributed by atoms with E-state index >= 15 is 0 Å². The van der Waals surface area contributed by atoms with Crippen LogP contribution in [0, 0.1) is 6.92 Å². The summed E-state index contributed by atoms with van der Waals surface area (Å²) in [6.45, 7) is 5.41. The molecule has 0 atom stereocenters. The van der Waals surface area contributed by atoms with E-state index in [4.69, 9.17) is 0 Å². The van der Waals surface area contributed by atoms with Crippen molar-refractivity contribution in [1.82, 2.24) is 25.4 Å². The van der Waals surface area contributed by atoms with Gasteiger partial charge >= 0.3 is 6.18 Å². The lowest BCUT2D eigenvalue weighted by atomic mass is 9.64. The van der Waals surface area contributed by atoms with E-state index < -0.39 is 11.7 Å². The molecule has 30 heavy (non-hydrogen) atoms. The minimum Gasteiger partial charge on any atom is -0.357 e. The number of aromatic nitrogens is 3. The first-order chi connectivity index (χ1) is 13.7. The van der Waals surface area contributed by atoms with Crippen molar-refractivity contribution in [3.05, 3.63) is 47.0 Å². The molecule has 1 heterocycles. The van der Waals surface area contributed by atoms with Crippen LogP contribution in [0.5, 0.6) is 0 Å². The Bertz CT molecular complexity index is 874. The molecule has 3 rings (SSSR count). The lowest BCUT2D eigenvalue weighted by Crippen LogP contribution is -2.49. The monoisotopic (exact) mass is 536 g/mol. The predicted octanol–water partition coefficient (Wildman–Crippen LogP) is 3.94. The van der Waals surface area contributed by atoms with Gasteiger partial charge in [0.15, 0.2) is 11.8 Å². The molecule has 0 unspecified atom stereocenters. The number of hydrogen-bond donors (Lipinski definition) is 2. The number of halogens is 4. The molecular formula is C20H28F3IN6. The maximum atomic E-state index is 13.1. The second kappa shape index (κ2) is 9.97. The van der Waals surface area contributed by atoms with E-state index in [1.165, 1.54) is 12.1 Å². The topological polar surface area (TPSA) is 67.1 Å². The van der Waals surface area contributed by atoms with Gasteiger partial charge in [-0.1, -0.05) is 24.6 Å². The summed E-state index contributed by atoms with van der Waals surface area (Å²) in [6.07, 6.45) is -1.63. The summed E-state index contributed by atoms with van der Waals surface area (Å²) in [5.74, 6) is 2.17. The van der Waals surface area contributed by atoms with Crippen LogP contribution in [0.25, 0.3) is 0 Å². The molecule has 10 heteroatoms. The molecule has 2 N–H and O–H groups in total. The van der Waals surface area contributed by atoms with Crippen LogP contribution in [0.15, 0.2) is 29.3 Å². The number of aliphatic imine (C=N–C) groups is 1. The molecule has 0 spiro atoms. The highest BCUT2D eigenvalue weighted by Gasteiger charge is 2.40. The molecule has 166 valence electrons. The molecule has 6 nitrogen and oxygen atoms in total. The van der Waals surface area contributed by atoms with Crippen LogP contribution in [0.3, 0.4) is 0 Å². The zero-order valence-corrected chi connectivity index (χ0v) is 19.7. The van der Waals surface area contributed by atoms with Crippen LogP contribution in [0.1, 0.15) is 49.0 Å². The van der Waals surface area contributed by atoms with Gasteiger partial charge in [0.05, 0.1) is 5.56 Å². The first-order valence-electron chi connectivity index (χ1n) is 9.80. The number of alkyl halides is 3. The average molecular weight is 536 g/mol. The Kier molecular flexibility index (Phi) is 8.12. The van der Waals surface area contributed by atoms with Crippen molar-refractivity contribution in [2.45, 2.75) is 51.2 Å². The van der Waals surface area contributed by atoms with Crippen molar-refractivity contribution in [2.75, 3.05) is 13.1 Å². The molecule has 1 fully saturated rings. The second-order valence-corrected chi connectivity index (χ2v) is 7.48. The lowest BCUT2D eigenvalue weighted by Gasteiger charge is -2.43. The van der Waals surface area contributed by atoms with Crippen LogP contribution in [-0.2, 0) is 25.2 Å². The fraction of sp³-hybridized carbons (Fsp3) is 0.550. The van der Waals surface area contributed by atoms with Crippen LogP contribution >= 0.6 is 24.0 Å². The van der Waals surface area contributed by atoms with Gasteiger partial charge in [-0.25, -0.2) is 4.99 Å². The largest absolute Gasteiger partial charge is 0.416 e. The highest BCUT2D eigenvalue weighted by molar-refractivity contribution is 14.0. The Labute approximate surface area is 191 Å². The first kappa shape index (κ1) is 24.4. The number of rotatable bonds is 6. The molecule has 1 aliphatic rings. The third-order valence-electron chi connectivity index (χ3n) is 5.61. The minimum atomic E-state index is -4.33. The summed E-state index contributed by atoms with van der Waals surface area (Å²) in [7, 11) is 1.89. The number of aryl methyl sites for hydroxylation is 1. The summed E-state index contributed by atoms with van der Waals surface area (Å²) in [5.41, 5.74) is -0.177. The van der Waals surface area contributed by atoms with Gasteiger partial charge < -0.3 is 15.2 Å². The van der Waals surface area contributed by atoms with E-state index in [0.29, 0.717) is 25.6 Å². The van der Waals surface area contributed by atoms with Crippen molar-refractivity contribution >= 4 is 29.9 Å². The van der Waals surface area contributed by atoms with Crippen LogP contribution < -0.4 is 10.6 Å². The fourth-order valence-corrected chi connectivity index (χ4v) is 3.53. The van der Waals surface area contributed by atoms with E-state index in [0.717, 1.165) is 42.5 Å². The number of benzene rings is 1. The van der Waals surface area contributed by atoms with Gasteiger partial charge in [0.2, 0.25) is 0 Å². The van der Waals surface area contributed by atoms with E-state index in [-0.39, 0.29) is 29.4 Å². The highest BCUT2D eigenvalue weighted by atomic mass is 127. The molecule has 0 bridgehead atoms. The van der Waals surface area contributed by atoms with E-state index in [2.05, 4.69) is 25.8 Å². The van der Waals surface area contributed by atoms with Crippen molar-refractivity contribution < 1.29 is 13.2 Å². The number of guanidine groups is 1. The van der Waals surface area contributed by atoms with E-state index in [1.807, 2.05) is 25.5 Å². The molecule has 1 aromatic heterocycles. The third-order valence-corrected chi connectivity index (χ3v) is 5.61. The summed E-state index contributed by atoms with van der Waals surface area (Å²) in [5, 5.41) is 14.6. The molecule has 0 amide bonds. The highest BCUT2D eigenvalue weighted by Crippen LogP contribution is 2.44. The maximum absolute atomic E-state index is 13.1.